The summed E-state index contributed by atoms with van der Waals surface area (Å²) < 4.78 is 2.96. The maximum atomic E-state index is 12.5. The van der Waals surface area contributed by atoms with Crippen molar-refractivity contribution in [1.82, 2.24) is 14.8 Å². The number of thiophene rings is 1. The quantitative estimate of drug-likeness (QED) is 0.645. The summed E-state index contributed by atoms with van der Waals surface area (Å²) in [6.45, 7) is 7.69. The molecule has 1 amide bonds. The van der Waals surface area contributed by atoms with Gasteiger partial charge < -0.3 is 14.8 Å². The summed E-state index contributed by atoms with van der Waals surface area (Å²) in [7, 11) is 0. The van der Waals surface area contributed by atoms with Gasteiger partial charge in [0.25, 0.3) is 11.7 Å². The predicted octanol–water partition coefficient (Wildman–Crippen LogP) is 3.07. The van der Waals surface area contributed by atoms with Gasteiger partial charge in [-0.3, -0.25) is 9.59 Å². The Labute approximate surface area is 146 Å². The first kappa shape index (κ1) is 17.2. The number of carbonyl (C=O) groups is 2. The molecule has 1 fully saturated rings. The lowest BCUT2D eigenvalue weighted by atomic mass is 10.1. The van der Waals surface area contributed by atoms with E-state index in [0.29, 0.717) is 12.1 Å². The molecular weight excluding hydrogens is 322 g/mol. The minimum atomic E-state index is -0.497. The van der Waals surface area contributed by atoms with Crippen LogP contribution in [0.15, 0.2) is 17.6 Å². The second-order valence-electron chi connectivity index (χ2n) is 6.67. The van der Waals surface area contributed by atoms with E-state index in [-0.39, 0.29) is 6.04 Å². The Balaban J connectivity index is 1.63. The average Bonchev–Trinajstić information content (AvgIpc) is 3.17. The Morgan fingerprint density at radius 2 is 2.00 bits per heavy atom. The summed E-state index contributed by atoms with van der Waals surface area (Å²) in [5, 5.41) is 4.76. The highest BCUT2D eigenvalue weighted by molar-refractivity contribution is 7.17. The van der Waals surface area contributed by atoms with Crippen molar-refractivity contribution >= 4 is 33.2 Å². The molecule has 1 aliphatic heterocycles. The summed E-state index contributed by atoms with van der Waals surface area (Å²) in [5.41, 5.74) is 1.55. The van der Waals surface area contributed by atoms with E-state index in [2.05, 4.69) is 28.6 Å². The van der Waals surface area contributed by atoms with Crippen LogP contribution in [0, 0.1) is 0 Å². The van der Waals surface area contributed by atoms with Crippen molar-refractivity contribution in [2.45, 2.75) is 39.2 Å². The second kappa shape index (κ2) is 7.49. The van der Waals surface area contributed by atoms with Crippen molar-refractivity contribution in [3.05, 3.63) is 23.2 Å². The van der Waals surface area contributed by atoms with E-state index in [0.717, 1.165) is 29.9 Å². The van der Waals surface area contributed by atoms with Crippen LogP contribution in [-0.2, 0) is 4.79 Å². The first-order valence-electron chi connectivity index (χ1n) is 8.71. The van der Waals surface area contributed by atoms with Crippen LogP contribution in [0.3, 0.4) is 0 Å². The number of nitrogens with one attached hydrogen (secondary N) is 1. The van der Waals surface area contributed by atoms with E-state index in [1.807, 2.05) is 17.6 Å². The third-order valence-corrected chi connectivity index (χ3v) is 5.54. The number of hydrogen-bond acceptors (Lipinski definition) is 4. The first-order valence-corrected chi connectivity index (χ1v) is 9.59. The van der Waals surface area contributed by atoms with Gasteiger partial charge in [0, 0.05) is 25.3 Å². The molecule has 0 bridgehead atoms. The lowest BCUT2D eigenvalue weighted by molar-refractivity contribution is -0.117. The molecule has 1 saturated heterocycles. The van der Waals surface area contributed by atoms with Crippen LogP contribution >= 0.6 is 11.3 Å². The van der Waals surface area contributed by atoms with E-state index in [1.54, 1.807) is 0 Å². The van der Waals surface area contributed by atoms with Crippen molar-refractivity contribution in [2.24, 2.45) is 0 Å². The number of Topliss-reactive ketones (excluding diaryl/α,β-unsaturated/α-hetero) is 1. The van der Waals surface area contributed by atoms with Gasteiger partial charge in [-0.05, 0) is 51.2 Å². The van der Waals surface area contributed by atoms with Crippen LogP contribution in [0.2, 0.25) is 0 Å². The topological polar surface area (TPSA) is 54.3 Å². The van der Waals surface area contributed by atoms with Crippen LogP contribution in [0.25, 0.3) is 10.2 Å². The van der Waals surface area contributed by atoms with Crippen molar-refractivity contribution in [2.75, 3.05) is 26.2 Å². The van der Waals surface area contributed by atoms with E-state index in [1.165, 1.54) is 30.6 Å². The Bertz CT molecular complexity index is 726. The molecule has 3 rings (SSSR count). The lowest BCUT2D eigenvalue weighted by Crippen LogP contribution is -2.39. The molecule has 0 radical (unpaired) electrons. The molecule has 2 aromatic rings. The number of nitrogens with zero attached hydrogens (tertiary/aromatic N) is 2. The maximum Gasteiger partial charge on any atom is 0.292 e. The number of amides is 1. The highest BCUT2D eigenvalue weighted by Gasteiger charge is 2.23. The zero-order valence-electron chi connectivity index (χ0n) is 14.4. The molecule has 0 unspecified atom stereocenters. The highest BCUT2D eigenvalue weighted by atomic mass is 32.1. The number of piperidine rings is 1. The molecule has 0 saturated carbocycles. The van der Waals surface area contributed by atoms with Gasteiger partial charge in [-0.15, -0.1) is 11.3 Å². The molecule has 5 nitrogen and oxygen atoms in total. The van der Waals surface area contributed by atoms with Crippen LogP contribution in [0.4, 0.5) is 0 Å². The van der Waals surface area contributed by atoms with Crippen molar-refractivity contribution in [3.8, 4) is 0 Å². The van der Waals surface area contributed by atoms with Crippen molar-refractivity contribution < 1.29 is 9.59 Å². The third kappa shape index (κ3) is 3.54. The number of ketones is 1. The summed E-state index contributed by atoms with van der Waals surface area (Å²) in [5.74, 6) is -0.927. The van der Waals surface area contributed by atoms with Crippen molar-refractivity contribution in [1.29, 1.82) is 0 Å². The van der Waals surface area contributed by atoms with Gasteiger partial charge in [0.1, 0.15) is 0 Å². The smallest absolute Gasteiger partial charge is 0.292 e. The molecule has 0 spiro atoms. The number of hydrogen-bond donors (Lipinski definition) is 1. The first-order chi connectivity index (χ1) is 11.6. The number of aromatic nitrogens is 1. The zero-order valence-corrected chi connectivity index (χ0v) is 15.2. The molecule has 0 aromatic carbocycles. The van der Waals surface area contributed by atoms with Crippen LogP contribution in [0.1, 0.15) is 49.5 Å². The summed E-state index contributed by atoms with van der Waals surface area (Å²) in [6.07, 6.45) is 5.57. The Morgan fingerprint density at radius 3 is 2.71 bits per heavy atom. The minimum absolute atomic E-state index is 0.255. The molecule has 1 N–H and O–H groups in total. The van der Waals surface area contributed by atoms with Gasteiger partial charge in [-0.2, -0.15) is 0 Å². The van der Waals surface area contributed by atoms with E-state index >= 15 is 0 Å². The van der Waals surface area contributed by atoms with Gasteiger partial charge in [-0.1, -0.05) is 6.42 Å². The Morgan fingerprint density at radius 1 is 1.25 bits per heavy atom. The molecule has 0 aliphatic carbocycles. The summed E-state index contributed by atoms with van der Waals surface area (Å²) in [6, 6.07) is 2.26. The van der Waals surface area contributed by atoms with Gasteiger partial charge in [0.2, 0.25) is 0 Å². The lowest BCUT2D eigenvalue weighted by Gasteiger charge is -2.26. The molecule has 0 atom stereocenters. The second-order valence-corrected chi connectivity index (χ2v) is 7.58. The molecule has 130 valence electrons. The monoisotopic (exact) mass is 347 g/mol. The summed E-state index contributed by atoms with van der Waals surface area (Å²) in [4.78, 5) is 27.1. The van der Waals surface area contributed by atoms with Gasteiger partial charge in [0.15, 0.2) is 0 Å². The van der Waals surface area contributed by atoms with Gasteiger partial charge >= 0.3 is 0 Å². The van der Waals surface area contributed by atoms with E-state index in [9.17, 15) is 9.59 Å². The third-order valence-electron chi connectivity index (χ3n) is 4.60. The van der Waals surface area contributed by atoms with E-state index in [4.69, 9.17) is 0 Å². The normalized spacial score (nSPS) is 16.0. The zero-order chi connectivity index (χ0) is 17.1. The predicted molar refractivity (Wildman–Crippen MR) is 97.8 cm³/mol. The fourth-order valence-electron chi connectivity index (χ4n) is 3.28. The van der Waals surface area contributed by atoms with Crippen LogP contribution in [0.5, 0.6) is 0 Å². The Hall–Kier alpha value is -1.66. The number of likely N-dealkylation sites (tertiary alicyclic amines) is 1. The van der Waals surface area contributed by atoms with Gasteiger partial charge in [-0.25, -0.2) is 0 Å². The maximum absolute atomic E-state index is 12.5. The molecule has 1 aliphatic rings. The number of carbonyl (C=O) groups excluding carboxylic acids is 2. The van der Waals surface area contributed by atoms with Crippen molar-refractivity contribution in [3.63, 3.8) is 0 Å². The number of rotatable bonds is 6. The fourth-order valence-corrected chi connectivity index (χ4v) is 4.18. The average molecular weight is 347 g/mol. The standard InChI is InChI=1S/C18H25N3O2S/c1-13(2)21-12-14(17-15(21)6-11-24-17)16(22)18(23)19-7-10-20-8-4-3-5-9-20/h6,11-13H,3-5,7-10H2,1-2H3,(H,19,23). The molecule has 6 heteroatoms. The molecule has 24 heavy (non-hydrogen) atoms. The largest absolute Gasteiger partial charge is 0.348 e. The van der Waals surface area contributed by atoms with Gasteiger partial charge in [0.05, 0.1) is 15.8 Å². The Kier molecular flexibility index (Phi) is 5.36. The molecule has 3 heterocycles. The summed E-state index contributed by atoms with van der Waals surface area (Å²) >= 11 is 1.51. The van der Waals surface area contributed by atoms with Crippen LogP contribution < -0.4 is 5.32 Å². The minimum Gasteiger partial charge on any atom is -0.348 e. The van der Waals surface area contributed by atoms with E-state index < -0.39 is 11.7 Å². The molecule has 2 aromatic heterocycles. The highest BCUT2D eigenvalue weighted by Crippen LogP contribution is 2.29. The SMILES string of the molecule is CC(C)n1cc(C(=O)C(=O)NCCN2CCCCC2)c2sccc21. The molecular formula is C18H25N3O2S. The fraction of sp³-hybridized carbons (Fsp3) is 0.556. The van der Waals surface area contributed by atoms with Crippen LogP contribution in [-0.4, -0.2) is 47.3 Å². The number of fused-ring (bicyclic) bond motifs is 1.